The van der Waals surface area contributed by atoms with E-state index in [9.17, 15) is 13.9 Å². The molecule has 0 amide bonds. The van der Waals surface area contributed by atoms with Crippen molar-refractivity contribution in [1.82, 2.24) is 0 Å². The van der Waals surface area contributed by atoms with Crippen LogP contribution in [0.2, 0.25) is 0 Å². The van der Waals surface area contributed by atoms with Crippen molar-refractivity contribution >= 4 is 0 Å². The normalized spacial score (nSPS) is 29.2. The maximum atomic E-state index is 13.8. The minimum Gasteiger partial charge on any atom is -0.385 e. The van der Waals surface area contributed by atoms with Crippen LogP contribution in [0.15, 0.2) is 18.2 Å². The molecule has 106 valence electrons. The molecule has 1 saturated carbocycles. The minimum atomic E-state index is -1.28. The molecule has 2 rings (SSSR count). The van der Waals surface area contributed by atoms with E-state index < -0.39 is 23.3 Å². The fourth-order valence-electron chi connectivity index (χ4n) is 3.12. The molecule has 19 heavy (non-hydrogen) atoms. The van der Waals surface area contributed by atoms with Gasteiger partial charge >= 0.3 is 0 Å². The molecule has 1 aliphatic rings. The van der Waals surface area contributed by atoms with Gasteiger partial charge in [-0.2, -0.15) is 0 Å². The first-order chi connectivity index (χ1) is 9.00. The molecule has 0 radical (unpaired) electrons. The molecule has 1 N–H and O–H groups in total. The van der Waals surface area contributed by atoms with E-state index in [4.69, 9.17) is 4.74 Å². The van der Waals surface area contributed by atoms with E-state index in [1.807, 2.05) is 0 Å². The predicted molar refractivity (Wildman–Crippen MR) is 68.7 cm³/mol. The second-order valence-corrected chi connectivity index (χ2v) is 5.51. The summed E-state index contributed by atoms with van der Waals surface area (Å²) in [6.45, 7) is 2.07. The van der Waals surface area contributed by atoms with Gasteiger partial charge in [-0.25, -0.2) is 8.78 Å². The zero-order valence-electron chi connectivity index (χ0n) is 11.3. The third-order valence-electron chi connectivity index (χ3n) is 4.17. The summed E-state index contributed by atoms with van der Waals surface area (Å²) in [4.78, 5) is 0. The third-order valence-corrected chi connectivity index (χ3v) is 4.17. The van der Waals surface area contributed by atoms with Crippen LogP contribution in [0.25, 0.3) is 0 Å². The van der Waals surface area contributed by atoms with Crippen molar-refractivity contribution in [1.29, 1.82) is 0 Å². The highest BCUT2D eigenvalue weighted by Crippen LogP contribution is 2.44. The van der Waals surface area contributed by atoms with E-state index in [-0.39, 0.29) is 5.56 Å². The molecule has 0 heterocycles. The van der Waals surface area contributed by atoms with Gasteiger partial charge in [0.2, 0.25) is 0 Å². The number of benzene rings is 1. The highest BCUT2D eigenvalue weighted by atomic mass is 19.1. The smallest absolute Gasteiger partial charge is 0.132 e. The Morgan fingerprint density at radius 2 is 2.00 bits per heavy atom. The first-order valence-corrected chi connectivity index (χ1v) is 6.67. The van der Waals surface area contributed by atoms with Gasteiger partial charge < -0.3 is 9.84 Å². The van der Waals surface area contributed by atoms with Crippen LogP contribution in [0.3, 0.4) is 0 Å². The topological polar surface area (TPSA) is 29.5 Å². The molecule has 0 aromatic heterocycles. The van der Waals surface area contributed by atoms with Crippen molar-refractivity contribution in [2.24, 2.45) is 5.92 Å². The van der Waals surface area contributed by atoms with Crippen molar-refractivity contribution in [3.8, 4) is 0 Å². The molecule has 2 nitrogen and oxygen atoms in total. The fraction of sp³-hybridized carbons (Fsp3) is 0.600. The van der Waals surface area contributed by atoms with Crippen LogP contribution in [0.1, 0.15) is 44.3 Å². The average Bonchev–Trinajstić information content (AvgIpc) is 2.38. The molecule has 3 unspecified atom stereocenters. The largest absolute Gasteiger partial charge is 0.385 e. The summed E-state index contributed by atoms with van der Waals surface area (Å²) in [5, 5.41) is 10.5. The van der Waals surface area contributed by atoms with Gasteiger partial charge in [0.05, 0.1) is 11.2 Å². The summed E-state index contributed by atoms with van der Waals surface area (Å²) in [7, 11) is 1.50. The SMILES string of the molecule is COC1(C(O)c2c(F)cccc2F)CCCC(C)C1. The van der Waals surface area contributed by atoms with Gasteiger partial charge in [0.25, 0.3) is 0 Å². The van der Waals surface area contributed by atoms with Crippen LogP contribution < -0.4 is 0 Å². The monoisotopic (exact) mass is 270 g/mol. The number of hydrogen-bond donors (Lipinski definition) is 1. The molecule has 0 bridgehead atoms. The quantitative estimate of drug-likeness (QED) is 0.909. The summed E-state index contributed by atoms with van der Waals surface area (Å²) in [6, 6.07) is 3.62. The van der Waals surface area contributed by atoms with E-state index >= 15 is 0 Å². The Hall–Kier alpha value is -1.00. The first kappa shape index (κ1) is 14.4. The number of ether oxygens (including phenoxy) is 1. The van der Waals surface area contributed by atoms with Crippen molar-refractivity contribution in [2.45, 2.75) is 44.3 Å². The lowest BCUT2D eigenvalue weighted by atomic mass is 9.74. The molecule has 4 heteroatoms. The zero-order valence-corrected chi connectivity index (χ0v) is 11.3. The second-order valence-electron chi connectivity index (χ2n) is 5.51. The van der Waals surface area contributed by atoms with Crippen LogP contribution in [-0.2, 0) is 4.74 Å². The maximum Gasteiger partial charge on any atom is 0.132 e. The molecular formula is C15H20F2O2. The van der Waals surface area contributed by atoms with Crippen LogP contribution in [-0.4, -0.2) is 17.8 Å². The van der Waals surface area contributed by atoms with Gasteiger partial charge in [-0.3, -0.25) is 0 Å². The van der Waals surface area contributed by atoms with Crippen molar-refractivity contribution < 1.29 is 18.6 Å². The predicted octanol–water partition coefficient (Wildman–Crippen LogP) is 3.59. The highest BCUT2D eigenvalue weighted by molar-refractivity contribution is 5.25. The van der Waals surface area contributed by atoms with Crippen LogP contribution in [0.4, 0.5) is 8.78 Å². The number of aliphatic hydroxyl groups excluding tert-OH is 1. The van der Waals surface area contributed by atoms with E-state index in [1.54, 1.807) is 0 Å². The Morgan fingerprint density at radius 1 is 1.37 bits per heavy atom. The lowest BCUT2D eigenvalue weighted by Gasteiger charge is -2.42. The molecular weight excluding hydrogens is 250 g/mol. The Bertz CT molecular complexity index is 430. The standard InChI is InChI=1S/C15H20F2O2/c1-10-5-4-8-15(9-10,19-2)14(18)13-11(16)6-3-7-12(13)17/h3,6-7,10,14,18H,4-5,8-9H2,1-2H3. The second kappa shape index (κ2) is 5.55. The van der Waals surface area contributed by atoms with E-state index in [1.165, 1.54) is 13.2 Å². The molecule has 0 saturated heterocycles. The third kappa shape index (κ3) is 2.65. The Morgan fingerprint density at radius 3 is 2.53 bits per heavy atom. The highest BCUT2D eigenvalue weighted by Gasteiger charge is 2.44. The van der Waals surface area contributed by atoms with E-state index in [0.29, 0.717) is 18.8 Å². The van der Waals surface area contributed by atoms with Gasteiger partial charge in [0.15, 0.2) is 0 Å². The minimum absolute atomic E-state index is 0.279. The molecule has 0 aliphatic heterocycles. The Kier molecular flexibility index (Phi) is 4.21. The van der Waals surface area contributed by atoms with Gasteiger partial charge in [-0.1, -0.05) is 25.8 Å². The molecule has 0 spiro atoms. The van der Waals surface area contributed by atoms with Gasteiger partial charge in [0, 0.05) is 7.11 Å². The Labute approximate surface area is 112 Å². The number of methoxy groups -OCH3 is 1. The van der Waals surface area contributed by atoms with Crippen LogP contribution in [0, 0.1) is 17.6 Å². The van der Waals surface area contributed by atoms with E-state index in [2.05, 4.69) is 6.92 Å². The van der Waals surface area contributed by atoms with Crippen LogP contribution in [0.5, 0.6) is 0 Å². The molecule has 1 aliphatic carbocycles. The maximum absolute atomic E-state index is 13.8. The zero-order chi connectivity index (χ0) is 14.0. The average molecular weight is 270 g/mol. The molecule has 3 atom stereocenters. The lowest BCUT2D eigenvalue weighted by molar-refractivity contribution is -0.136. The van der Waals surface area contributed by atoms with Gasteiger partial charge in [0.1, 0.15) is 17.7 Å². The number of aliphatic hydroxyl groups is 1. The molecule has 1 aromatic carbocycles. The van der Waals surface area contributed by atoms with Crippen molar-refractivity contribution in [3.05, 3.63) is 35.4 Å². The molecule has 1 aromatic rings. The van der Waals surface area contributed by atoms with Crippen LogP contribution >= 0.6 is 0 Å². The summed E-state index contributed by atoms with van der Waals surface area (Å²) >= 11 is 0. The summed E-state index contributed by atoms with van der Waals surface area (Å²) in [5.41, 5.74) is -1.17. The van der Waals surface area contributed by atoms with E-state index in [0.717, 1.165) is 25.0 Å². The van der Waals surface area contributed by atoms with Gasteiger partial charge in [-0.05, 0) is 30.9 Å². The summed E-state index contributed by atoms with van der Waals surface area (Å²) < 4.78 is 33.1. The first-order valence-electron chi connectivity index (χ1n) is 6.67. The fourth-order valence-corrected chi connectivity index (χ4v) is 3.12. The number of halogens is 2. The summed E-state index contributed by atoms with van der Waals surface area (Å²) in [5.74, 6) is -1.07. The number of rotatable bonds is 3. The van der Waals surface area contributed by atoms with Crippen molar-refractivity contribution in [2.75, 3.05) is 7.11 Å². The van der Waals surface area contributed by atoms with Crippen molar-refractivity contribution in [3.63, 3.8) is 0 Å². The number of hydrogen-bond acceptors (Lipinski definition) is 2. The molecule has 1 fully saturated rings. The van der Waals surface area contributed by atoms with Gasteiger partial charge in [-0.15, -0.1) is 0 Å². The Balaban J connectivity index is 2.38. The summed E-state index contributed by atoms with van der Waals surface area (Å²) in [6.07, 6.45) is 1.89. The lowest BCUT2D eigenvalue weighted by Crippen LogP contribution is -2.43.